The Kier molecular flexibility index (Phi) is 4.74. The Bertz CT molecular complexity index is 861. The van der Waals surface area contributed by atoms with E-state index in [1.807, 2.05) is 0 Å². The predicted octanol–water partition coefficient (Wildman–Crippen LogP) is 1.27. The average molecular weight is 355 g/mol. The quantitative estimate of drug-likeness (QED) is 0.638. The van der Waals surface area contributed by atoms with Crippen LogP contribution in [0.25, 0.3) is 0 Å². The van der Waals surface area contributed by atoms with Crippen LogP contribution in [0, 0.1) is 5.82 Å². The monoisotopic (exact) mass is 355 g/mol. The SMILES string of the molecule is O=C(CCN1C(=O)c2ccccc2C1=O)NNC(=O)c1ccc(F)cc1. The molecule has 0 fully saturated rings. The van der Waals surface area contributed by atoms with Gasteiger partial charge in [0.05, 0.1) is 11.1 Å². The zero-order valence-electron chi connectivity index (χ0n) is 13.5. The van der Waals surface area contributed by atoms with E-state index >= 15 is 0 Å². The summed E-state index contributed by atoms with van der Waals surface area (Å²) in [6, 6.07) is 11.2. The lowest BCUT2D eigenvalue weighted by Crippen LogP contribution is -2.43. The van der Waals surface area contributed by atoms with Crippen LogP contribution in [0.2, 0.25) is 0 Å². The number of carbonyl (C=O) groups is 4. The molecule has 0 spiro atoms. The fraction of sp³-hybridized carbons (Fsp3) is 0.111. The highest BCUT2D eigenvalue weighted by atomic mass is 19.1. The molecule has 2 aromatic rings. The van der Waals surface area contributed by atoms with Crippen molar-refractivity contribution in [3.8, 4) is 0 Å². The van der Waals surface area contributed by atoms with Gasteiger partial charge in [-0.25, -0.2) is 4.39 Å². The normalized spacial score (nSPS) is 12.7. The second kappa shape index (κ2) is 7.14. The molecule has 0 saturated carbocycles. The highest BCUT2D eigenvalue weighted by molar-refractivity contribution is 6.21. The van der Waals surface area contributed by atoms with E-state index in [-0.39, 0.29) is 18.5 Å². The third-order valence-corrected chi connectivity index (χ3v) is 3.86. The Balaban J connectivity index is 1.50. The van der Waals surface area contributed by atoms with Gasteiger partial charge >= 0.3 is 0 Å². The molecule has 0 unspecified atom stereocenters. The lowest BCUT2D eigenvalue weighted by Gasteiger charge is -2.13. The number of rotatable bonds is 4. The molecule has 8 heteroatoms. The first-order valence-corrected chi connectivity index (χ1v) is 7.77. The number of fused-ring (bicyclic) bond motifs is 1. The van der Waals surface area contributed by atoms with E-state index in [0.29, 0.717) is 11.1 Å². The fourth-order valence-corrected chi connectivity index (χ4v) is 2.52. The Morgan fingerprint density at radius 1 is 0.885 bits per heavy atom. The number of hydrazine groups is 1. The Labute approximate surface area is 147 Å². The summed E-state index contributed by atoms with van der Waals surface area (Å²) >= 11 is 0. The zero-order valence-corrected chi connectivity index (χ0v) is 13.5. The van der Waals surface area contributed by atoms with Crippen molar-refractivity contribution >= 4 is 23.6 Å². The summed E-state index contributed by atoms with van der Waals surface area (Å²) in [4.78, 5) is 49.0. The highest BCUT2D eigenvalue weighted by Crippen LogP contribution is 2.22. The second-order valence-electron chi connectivity index (χ2n) is 5.57. The van der Waals surface area contributed by atoms with Crippen LogP contribution in [0.1, 0.15) is 37.5 Å². The van der Waals surface area contributed by atoms with Crippen LogP contribution in [-0.4, -0.2) is 35.1 Å². The summed E-state index contributed by atoms with van der Waals surface area (Å²) in [5.74, 6) is -2.56. The van der Waals surface area contributed by atoms with E-state index in [2.05, 4.69) is 10.9 Å². The molecule has 0 atom stereocenters. The van der Waals surface area contributed by atoms with Gasteiger partial charge in [-0.2, -0.15) is 0 Å². The molecule has 0 aromatic heterocycles. The van der Waals surface area contributed by atoms with E-state index in [0.717, 1.165) is 17.0 Å². The fourth-order valence-electron chi connectivity index (χ4n) is 2.52. The molecular formula is C18H14FN3O4. The first-order valence-electron chi connectivity index (χ1n) is 7.77. The number of hydrogen-bond donors (Lipinski definition) is 2. The molecule has 2 aromatic carbocycles. The highest BCUT2D eigenvalue weighted by Gasteiger charge is 2.34. The van der Waals surface area contributed by atoms with Gasteiger partial charge in [-0.1, -0.05) is 12.1 Å². The van der Waals surface area contributed by atoms with Gasteiger partial charge in [-0.3, -0.25) is 34.9 Å². The van der Waals surface area contributed by atoms with Crippen molar-refractivity contribution in [1.29, 1.82) is 0 Å². The first-order chi connectivity index (χ1) is 12.5. The molecule has 4 amide bonds. The van der Waals surface area contributed by atoms with E-state index in [4.69, 9.17) is 0 Å². The minimum absolute atomic E-state index is 0.107. The maximum absolute atomic E-state index is 12.8. The van der Waals surface area contributed by atoms with Crippen LogP contribution < -0.4 is 10.9 Å². The maximum atomic E-state index is 12.8. The van der Waals surface area contributed by atoms with Crippen molar-refractivity contribution < 1.29 is 23.6 Å². The molecule has 0 bridgehead atoms. The van der Waals surface area contributed by atoms with Crippen LogP contribution in [0.5, 0.6) is 0 Å². The number of imide groups is 1. The molecule has 1 aliphatic rings. The molecular weight excluding hydrogens is 341 g/mol. The van der Waals surface area contributed by atoms with Crippen molar-refractivity contribution in [2.45, 2.75) is 6.42 Å². The number of nitrogens with zero attached hydrogens (tertiary/aromatic N) is 1. The smallest absolute Gasteiger partial charge is 0.269 e. The minimum Gasteiger partial charge on any atom is -0.274 e. The van der Waals surface area contributed by atoms with Crippen LogP contribution in [0.15, 0.2) is 48.5 Å². The molecule has 0 radical (unpaired) electrons. The topological polar surface area (TPSA) is 95.6 Å². The van der Waals surface area contributed by atoms with Gasteiger partial charge in [0.1, 0.15) is 5.82 Å². The van der Waals surface area contributed by atoms with E-state index in [1.165, 1.54) is 12.1 Å². The largest absolute Gasteiger partial charge is 0.274 e. The maximum Gasteiger partial charge on any atom is 0.269 e. The van der Waals surface area contributed by atoms with Gasteiger partial charge < -0.3 is 0 Å². The molecule has 0 aliphatic carbocycles. The third kappa shape index (κ3) is 3.44. The van der Waals surface area contributed by atoms with Crippen LogP contribution >= 0.6 is 0 Å². The first kappa shape index (κ1) is 17.3. The summed E-state index contributed by atoms with van der Waals surface area (Å²) in [5.41, 5.74) is 5.16. The van der Waals surface area contributed by atoms with Gasteiger partial charge in [-0.15, -0.1) is 0 Å². The Morgan fingerprint density at radius 2 is 1.46 bits per heavy atom. The van der Waals surface area contributed by atoms with Crippen molar-refractivity contribution in [2.75, 3.05) is 6.54 Å². The minimum atomic E-state index is -0.612. The molecule has 0 saturated heterocycles. The number of nitrogens with one attached hydrogen (secondary N) is 2. The van der Waals surface area contributed by atoms with Gasteiger partial charge in [0.2, 0.25) is 5.91 Å². The number of carbonyl (C=O) groups excluding carboxylic acids is 4. The van der Waals surface area contributed by atoms with E-state index in [9.17, 15) is 23.6 Å². The summed E-state index contributed by atoms with van der Waals surface area (Å²) in [5, 5.41) is 0. The predicted molar refractivity (Wildman–Crippen MR) is 88.4 cm³/mol. The van der Waals surface area contributed by atoms with Gasteiger partial charge in [-0.05, 0) is 36.4 Å². The summed E-state index contributed by atoms with van der Waals surface area (Å²) in [7, 11) is 0. The van der Waals surface area contributed by atoms with Crippen molar-refractivity contribution in [3.05, 3.63) is 71.0 Å². The lowest BCUT2D eigenvalue weighted by molar-refractivity contribution is -0.121. The van der Waals surface area contributed by atoms with Crippen molar-refractivity contribution in [2.24, 2.45) is 0 Å². The molecule has 3 rings (SSSR count). The summed E-state index contributed by atoms with van der Waals surface area (Å²) < 4.78 is 12.8. The standard InChI is InChI=1S/C18H14FN3O4/c19-12-7-5-11(6-8-12)16(24)21-20-15(23)9-10-22-17(25)13-3-1-2-4-14(13)18(22)26/h1-8H,9-10H2,(H,20,23)(H,21,24). The third-order valence-electron chi connectivity index (χ3n) is 3.86. The summed E-state index contributed by atoms with van der Waals surface area (Å²) in [6.07, 6.45) is -0.171. The Hall–Kier alpha value is -3.55. The number of amides is 4. The zero-order chi connectivity index (χ0) is 18.7. The number of hydrogen-bond acceptors (Lipinski definition) is 4. The van der Waals surface area contributed by atoms with Crippen LogP contribution in [0.4, 0.5) is 4.39 Å². The number of halogens is 1. The van der Waals surface area contributed by atoms with E-state index in [1.54, 1.807) is 24.3 Å². The summed E-state index contributed by atoms with van der Waals surface area (Å²) in [6.45, 7) is -0.107. The average Bonchev–Trinajstić information content (AvgIpc) is 2.89. The number of benzene rings is 2. The van der Waals surface area contributed by atoms with Gasteiger partial charge in [0.25, 0.3) is 17.7 Å². The molecule has 7 nitrogen and oxygen atoms in total. The van der Waals surface area contributed by atoms with Gasteiger partial charge in [0, 0.05) is 18.5 Å². The van der Waals surface area contributed by atoms with Gasteiger partial charge in [0.15, 0.2) is 0 Å². The molecule has 2 N–H and O–H groups in total. The lowest BCUT2D eigenvalue weighted by atomic mass is 10.1. The van der Waals surface area contributed by atoms with E-state index < -0.39 is 29.4 Å². The second-order valence-corrected chi connectivity index (χ2v) is 5.57. The van der Waals surface area contributed by atoms with Crippen LogP contribution in [0.3, 0.4) is 0 Å². The molecule has 1 aliphatic heterocycles. The molecule has 1 heterocycles. The molecule has 26 heavy (non-hydrogen) atoms. The van der Waals surface area contributed by atoms with Crippen molar-refractivity contribution in [3.63, 3.8) is 0 Å². The Morgan fingerprint density at radius 3 is 2.04 bits per heavy atom. The van der Waals surface area contributed by atoms with Crippen LogP contribution in [-0.2, 0) is 4.79 Å². The van der Waals surface area contributed by atoms with Crippen molar-refractivity contribution in [1.82, 2.24) is 15.8 Å². The molecule has 132 valence electrons.